The number of ether oxygens (including phenoxy) is 1. The van der Waals surface area contributed by atoms with Crippen molar-refractivity contribution in [1.82, 2.24) is 15.1 Å². The van der Waals surface area contributed by atoms with E-state index in [4.69, 9.17) is 9.26 Å². The third kappa shape index (κ3) is 3.71. The average molecular weight is 341 g/mol. The Morgan fingerprint density at radius 1 is 1.28 bits per heavy atom. The smallest absolute Gasteiger partial charge is 0.373 e. The Labute approximate surface area is 142 Å². The zero-order valence-electron chi connectivity index (χ0n) is 13.6. The minimum Gasteiger partial charge on any atom is -0.434 e. The molecule has 0 amide bonds. The van der Waals surface area contributed by atoms with E-state index >= 15 is 0 Å². The molecule has 0 aliphatic carbocycles. The van der Waals surface area contributed by atoms with E-state index in [0.29, 0.717) is 17.3 Å². The lowest BCUT2D eigenvalue weighted by molar-refractivity contribution is -0.385. The summed E-state index contributed by atoms with van der Waals surface area (Å²) in [7, 11) is 0. The van der Waals surface area contributed by atoms with Crippen molar-refractivity contribution in [3.05, 3.63) is 58.1 Å². The molecule has 0 radical (unpaired) electrons. The molecule has 2 aromatic heterocycles. The number of aromatic nitrogens is 3. The Morgan fingerprint density at radius 2 is 2.04 bits per heavy atom. The van der Waals surface area contributed by atoms with E-state index in [1.807, 2.05) is 19.1 Å². The van der Waals surface area contributed by atoms with Gasteiger partial charge in [-0.1, -0.05) is 24.2 Å². The molecule has 0 atom stereocenters. The lowest BCUT2D eigenvalue weighted by atomic mass is 10.2. The molecule has 0 saturated carbocycles. The second-order valence-corrected chi connectivity index (χ2v) is 5.18. The minimum absolute atomic E-state index is 0.0338. The molecule has 0 unspecified atom stereocenters. The third-order valence-corrected chi connectivity index (χ3v) is 3.39. The standard InChI is InChI=1S/C16H15N5O4/c1-3-11-4-6-12(7-5-11)24-16-14(21(22)23)15(17-9-18-16)19-13-8-10(2)25-20-13/h4-9H,3H2,1-2H3,(H,17,18,19,20). The van der Waals surface area contributed by atoms with Crippen LogP contribution in [0.1, 0.15) is 18.2 Å². The molecule has 1 aromatic carbocycles. The average Bonchev–Trinajstić information content (AvgIpc) is 3.00. The summed E-state index contributed by atoms with van der Waals surface area (Å²) < 4.78 is 10.5. The van der Waals surface area contributed by atoms with Gasteiger partial charge in [0.05, 0.1) is 4.92 Å². The van der Waals surface area contributed by atoms with Crippen LogP contribution in [-0.2, 0) is 6.42 Å². The van der Waals surface area contributed by atoms with Crippen LogP contribution in [-0.4, -0.2) is 20.0 Å². The van der Waals surface area contributed by atoms with E-state index in [1.54, 1.807) is 25.1 Å². The first-order valence-corrected chi connectivity index (χ1v) is 7.53. The molecular weight excluding hydrogens is 326 g/mol. The molecule has 0 bridgehead atoms. The highest BCUT2D eigenvalue weighted by atomic mass is 16.6. The number of nitrogens with one attached hydrogen (secondary N) is 1. The summed E-state index contributed by atoms with van der Waals surface area (Å²) in [6.07, 6.45) is 2.07. The highest BCUT2D eigenvalue weighted by molar-refractivity contribution is 5.67. The lowest BCUT2D eigenvalue weighted by Crippen LogP contribution is -2.03. The van der Waals surface area contributed by atoms with Crippen LogP contribution in [0.3, 0.4) is 0 Å². The maximum Gasteiger partial charge on any atom is 0.373 e. The van der Waals surface area contributed by atoms with Crippen molar-refractivity contribution in [3.8, 4) is 11.6 Å². The second kappa shape index (κ2) is 6.95. The number of hydrogen-bond donors (Lipinski definition) is 1. The summed E-state index contributed by atoms with van der Waals surface area (Å²) in [4.78, 5) is 18.7. The predicted octanol–water partition coefficient (Wildman–Crippen LogP) is 3.78. The largest absolute Gasteiger partial charge is 0.434 e. The van der Waals surface area contributed by atoms with Crippen LogP contribution in [0.5, 0.6) is 11.6 Å². The SMILES string of the molecule is CCc1ccc(Oc2ncnc(Nc3cc(C)on3)c2[N+](=O)[O-])cc1. The van der Waals surface area contributed by atoms with Gasteiger partial charge in [0.2, 0.25) is 5.82 Å². The van der Waals surface area contributed by atoms with Gasteiger partial charge in [0.15, 0.2) is 5.82 Å². The van der Waals surface area contributed by atoms with Crippen molar-refractivity contribution in [2.75, 3.05) is 5.32 Å². The first-order chi connectivity index (χ1) is 12.1. The van der Waals surface area contributed by atoms with Gasteiger partial charge in [-0.05, 0) is 31.0 Å². The number of nitrogens with zero attached hydrogens (tertiary/aromatic N) is 4. The van der Waals surface area contributed by atoms with Crippen LogP contribution in [0.4, 0.5) is 17.3 Å². The third-order valence-electron chi connectivity index (χ3n) is 3.39. The Morgan fingerprint density at radius 3 is 2.64 bits per heavy atom. The molecule has 0 fully saturated rings. The fourth-order valence-electron chi connectivity index (χ4n) is 2.14. The Kier molecular flexibility index (Phi) is 4.55. The Bertz CT molecular complexity index is 892. The van der Waals surface area contributed by atoms with Crippen LogP contribution in [0.15, 0.2) is 41.2 Å². The second-order valence-electron chi connectivity index (χ2n) is 5.18. The summed E-state index contributed by atoms with van der Waals surface area (Å²) in [5.74, 6) is 1.12. The monoisotopic (exact) mass is 341 g/mol. The topological polar surface area (TPSA) is 116 Å². The molecule has 0 aliphatic heterocycles. The van der Waals surface area contributed by atoms with Gasteiger partial charge in [-0.25, -0.2) is 4.98 Å². The molecule has 9 nitrogen and oxygen atoms in total. The van der Waals surface area contributed by atoms with Gasteiger partial charge in [0.25, 0.3) is 0 Å². The minimum atomic E-state index is -0.606. The highest BCUT2D eigenvalue weighted by Gasteiger charge is 2.25. The Balaban J connectivity index is 1.92. The van der Waals surface area contributed by atoms with Crippen LogP contribution in [0.25, 0.3) is 0 Å². The van der Waals surface area contributed by atoms with Gasteiger partial charge in [-0.15, -0.1) is 0 Å². The summed E-state index contributed by atoms with van der Waals surface area (Å²) in [6, 6.07) is 8.84. The summed E-state index contributed by atoms with van der Waals surface area (Å²) >= 11 is 0. The summed E-state index contributed by atoms with van der Waals surface area (Å²) in [6.45, 7) is 3.75. The first kappa shape index (κ1) is 16.4. The zero-order valence-corrected chi connectivity index (χ0v) is 13.6. The summed E-state index contributed by atoms with van der Waals surface area (Å²) in [5.41, 5.74) is 0.746. The number of rotatable bonds is 6. The lowest BCUT2D eigenvalue weighted by Gasteiger charge is -2.08. The van der Waals surface area contributed by atoms with Gasteiger partial charge in [-0.2, -0.15) is 4.98 Å². The molecule has 128 valence electrons. The fourth-order valence-corrected chi connectivity index (χ4v) is 2.14. The molecule has 0 saturated heterocycles. The highest BCUT2D eigenvalue weighted by Crippen LogP contribution is 2.35. The van der Waals surface area contributed by atoms with Crippen LogP contribution in [0, 0.1) is 17.0 Å². The quantitative estimate of drug-likeness (QED) is 0.532. The van der Waals surface area contributed by atoms with E-state index in [-0.39, 0.29) is 17.4 Å². The molecular formula is C16H15N5O4. The molecule has 3 rings (SSSR count). The van der Waals surface area contributed by atoms with Crippen LogP contribution >= 0.6 is 0 Å². The van der Waals surface area contributed by atoms with Crippen LogP contribution < -0.4 is 10.1 Å². The first-order valence-electron chi connectivity index (χ1n) is 7.53. The molecule has 0 aliphatic rings. The van der Waals surface area contributed by atoms with E-state index < -0.39 is 4.92 Å². The number of hydrogen-bond acceptors (Lipinski definition) is 8. The zero-order chi connectivity index (χ0) is 17.8. The molecule has 2 heterocycles. The van der Waals surface area contributed by atoms with E-state index in [0.717, 1.165) is 12.0 Å². The maximum absolute atomic E-state index is 11.5. The van der Waals surface area contributed by atoms with Crippen molar-refractivity contribution >= 4 is 17.3 Å². The summed E-state index contributed by atoms with van der Waals surface area (Å²) in [5, 5.41) is 18.0. The van der Waals surface area contributed by atoms with Crippen molar-refractivity contribution in [2.45, 2.75) is 20.3 Å². The molecule has 0 spiro atoms. The van der Waals surface area contributed by atoms with Crippen molar-refractivity contribution in [2.24, 2.45) is 0 Å². The van der Waals surface area contributed by atoms with E-state index in [2.05, 4.69) is 20.4 Å². The molecule has 9 heteroatoms. The van der Waals surface area contributed by atoms with Gasteiger partial charge in [0.1, 0.15) is 17.8 Å². The maximum atomic E-state index is 11.5. The Hall–Kier alpha value is -3.49. The van der Waals surface area contributed by atoms with E-state index in [9.17, 15) is 10.1 Å². The predicted molar refractivity (Wildman–Crippen MR) is 89.1 cm³/mol. The fraction of sp³-hybridized carbons (Fsp3) is 0.188. The van der Waals surface area contributed by atoms with E-state index in [1.165, 1.54) is 6.33 Å². The van der Waals surface area contributed by atoms with Crippen molar-refractivity contribution in [1.29, 1.82) is 0 Å². The van der Waals surface area contributed by atoms with Gasteiger partial charge in [-0.3, -0.25) is 10.1 Å². The number of aryl methyl sites for hydroxylation is 2. The van der Waals surface area contributed by atoms with Gasteiger partial charge >= 0.3 is 11.6 Å². The number of nitro groups is 1. The van der Waals surface area contributed by atoms with Gasteiger partial charge in [0, 0.05) is 6.07 Å². The van der Waals surface area contributed by atoms with Crippen molar-refractivity contribution < 1.29 is 14.2 Å². The number of anilines is 2. The van der Waals surface area contributed by atoms with Crippen molar-refractivity contribution in [3.63, 3.8) is 0 Å². The molecule has 25 heavy (non-hydrogen) atoms. The van der Waals surface area contributed by atoms with Gasteiger partial charge < -0.3 is 14.6 Å². The van der Waals surface area contributed by atoms with Crippen LogP contribution in [0.2, 0.25) is 0 Å². The normalized spacial score (nSPS) is 10.5. The molecule has 1 N–H and O–H groups in total. The number of benzene rings is 1. The molecule has 3 aromatic rings.